The molecule has 10 heteroatoms. The number of methoxy groups -OCH3 is 1. The van der Waals surface area contributed by atoms with E-state index in [9.17, 15) is 19.2 Å². The lowest BCUT2D eigenvalue weighted by molar-refractivity contribution is -0.120. The van der Waals surface area contributed by atoms with Gasteiger partial charge < -0.3 is 25.2 Å². The van der Waals surface area contributed by atoms with Crippen molar-refractivity contribution in [3.63, 3.8) is 0 Å². The molecule has 0 bridgehead atoms. The Labute approximate surface area is 279 Å². The zero-order valence-electron chi connectivity index (χ0n) is 26.7. The number of amides is 4. The molecule has 2 fully saturated rings. The van der Waals surface area contributed by atoms with Crippen LogP contribution in [0.1, 0.15) is 57.7 Å². The number of pyridine rings is 1. The SMILES string of the molecule is COc1ccccc1C(=O)N1CCC[C@H]1C(=O)Nc1ccc(/C=C/c2ccc(NC(=O)[C@@H]3CCCN3C(=O)c3ccccn3)cc2)cc1. The van der Waals surface area contributed by atoms with Gasteiger partial charge in [-0.25, -0.2) is 0 Å². The highest BCUT2D eigenvalue weighted by Crippen LogP contribution is 2.26. The average Bonchev–Trinajstić information content (AvgIpc) is 3.83. The first-order chi connectivity index (χ1) is 23.4. The van der Waals surface area contributed by atoms with Crippen LogP contribution in [0.25, 0.3) is 12.2 Å². The molecule has 2 N–H and O–H groups in total. The van der Waals surface area contributed by atoms with Crippen LogP contribution in [0.5, 0.6) is 5.75 Å². The number of nitrogens with one attached hydrogen (secondary N) is 2. The van der Waals surface area contributed by atoms with E-state index >= 15 is 0 Å². The average molecular weight is 644 g/mol. The molecule has 244 valence electrons. The van der Waals surface area contributed by atoms with Gasteiger partial charge in [0.2, 0.25) is 11.8 Å². The number of rotatable bonds is 9. The maximum Gasteiger partial charge on any atom is 0.273 e. The van der Waals surface area contributed by atoms with Gasteiger partial charge in [-0.3, -0.25) is 24.2 Å². The number of carbonyl (C=O) groups is 4. The zero-order valence-corrected chi connectivity index (χ0v) is 26.7. The number of ether oxygens (including phenoxy) is 1. The van der Waals surface area contributed by atoms with Crippen LogP contribution in [-0.4, -0.2) is 70.7 Å². The summed E-state index contributed by atoms with van der Waals surface area (Å²) in [6, 6.07) is 26.1. The molecule has 4 aromatic rings. The van der Waals surface area contributed by atoms with Crippen molar-refractivity contribution in [3.8, 4) is 5.75 Å². The fourth-order valence-electron chi connectivity index (χ4n) is 6.18. The molecule has 0 unspecified atom stereocenters. The van der Waals surface area contributed by atoms with Gasteiger partial charge in [-0.2, -0.15) is 0 Å². The molecule has 6 rings (SSSR count). The van der Waals surface area contributed by atoms with Crippen molar-refractivity contribution in [2.45, 2.75) is 37.8 Å². The molecule has 48 heavy (non-hydrogen) atoms. The van der Waals surface area contributed by atoms with E-state index in [1.807, 2.05) is 66.7 Å². The highest BCUT2D eigenvalue weighted by Gasteiger charge is 2.36. The number of para-hydroxylation sites is 1. The summed E-state index contributed by atoms with van der Waals surface area (Å²) in [6.45, 7) is 1.04. The number of aromatic nitrogens is 1. The first-order valence-electron chi connectivity index (χ1n) is 16.1. The molecule has 0 saturated carbocycles. The third-order valence-corrected chi connectivity index (χ3v) is 8.68. The Hall–Kier alpha value is -5.77. The Bertz CT molecular complexity index is 1810. The van der Waals surface area contributed by atoms with Crippen LogP contribution in [0, 0.1) is 0 Å². The monoisotopic (exact) mass is 643 g/mol. The van der Waals surface area contributed by atoms with E-state index in [4.69, 9.17) is 4.74 Å². The van der Waals surface area contributed by atoms with Gasteiger partial charge in [0.25, 0.3) is 11.8 Å². The Morgan fingerprint density at radius 3 is 1.73 bits per heavy atom. The maximum atomic E-state index is 13.3. The molecule has 0 aliphatic carbocycles. The predicted molar refractivity (Wildman–Crippen MR) is 184 cm³/mol. The normalized spacial score (nSPS) is 17.4. The van der Waals surface area contributed by atoms with E-state index in [-0.39, 0.29) is 23.6 Å². The molecule has 2 saturated heterocycles. The minimum absolute atomic E-state index is 0.212. The van der Waals surface area contributed by atoms with Crippen LogP contribution < -0.4 is 15.4 Å². The predicted octanol–water partition coefficient (Wildman–Crippen LogP) is 5.75. The number of carbonyl (C=O) groups excluding carboxylic acids is 4. The van der Waals surface area contributed by atoms with E-state index in [1.54, 1.807) is 52.4 Å². The van der Waals surface area contributed by atoms with Gasteiger partial charge in [0.15, 0.2) is 0 Å². The fourth-order valence-corrected chi connectivity index (χ4v) is 6.18. The van der Waals surface area contributed by atoms with Crippen LogP contribution in [0.15, 0.2) is 97.2 Å². The second-order valence-corrected chi connectivity index (χ2v) is 11.8. The maximum absolute atomic E-state index is 13.3. The highest BCUT2D eigenvalue weighted by atomic mass is 16.5. The summed E-state index contributed by atoms with van der Waals surface area (Å²) in [5.41, 5.74) is 3.97. The summed E-state index contributed by atoms with van der Waals surface area (Å²) in [7, 11) is 1.53. The summed E-state index contributed by atoms with van der Waals surface area (Å²) < 4.78 is 5.35. The van der Waals surface area contributed by atoms with Crippen LogP contribution >= 0.6 is 0 Å². The van der Waals surface area contributed by atoms with E-state index in [1.165, 1.54) is 7.11 Å². The van der Waals surface area contributed by atoms with Gasteiger partial charge in [-0.1, -0.05) is 54.6 Å². The van der Waals surface area contributed by atoms with Crippen LogP contribution in [0.4, 0.5) is 11.4 Å². The Morgan fingerprint density at radius 1 is 0.688 bits per heavy atom. The molecule has 3 heterocycles. The lowest BCUT2D eigenvalue weighted by Crippen LogP contribution is -2.43. The van der Waals surface area contributed by atoms with Crippen LogP contribution in [0.2, 0.25) is 0 Å². The van der Waals surface area contributed by atoms with Crippen molar-refractivity contribution in [3.05, 3.63) is 120 Å². The number of hydrogen-bond acceptors (Lipinski definition) is 6. The van der Waals surface area contributed by atoms with Crippen molar-refractivity contribution in [1.82, 2.24) is 14.8 Å². The second kappa shape index (κ2) is 14.8. The topological polar surface area (TPSA) is 121 Å². The minimum Gasteiger partial charge on any atom is -0.496 e. The number of anilines is 2. The number of benzene rings is 3. The number of likely N-dealkylation sites (tertiary alicyclic amines) is 2. The minimum atomic E-state index is -0.555. The third kappa shape index (κ3) is 7.28. The standard InChI is InChI=1S/C38H37N5O5/c1-48-34-12-3-2-8-30(34)37(46)42-24-6-10-32(42)35(44)40-28-19-15-26(16-20-28)13-14-27-17-21-29(22-18-27)41-36(45)33-11-7-25-43(33)38(47)31-9-4-5-23-39-31/h2-5,8-9,12-23,32-33H,6-7,10-11,24-25H2,1H3,(H,40,44)(H,41,45)/b14-13+/t32-,33-/m0/s1. The van der Waals surface area contributed by atoms with E-state index in [0.717, 1.165) is 24.0 Å². The smallest absolute Gasteiger partial charge is 0.273 e. The quantitative estimate of drug-likeness (QED) is 0.224. The number of hydrogen-bond donors (Lipinski definition) is 2. The second-order valence-electron chi connectivity index (χ2n) is 11.8. The summed E-state index contributed by atoms with van der Waals surface area (Å²) in [4.78, 5) is 59.8. The lowest BCUT2D eigenvalue weighted by Gasteiger charge is -2.24. The van der Waals surface area contributed by atoms with Crippen molar-refractivity contribution >= 4 is 47.2 Å². The summed E-state index contributed by atoms with van der Waals surface area (Å²) in [5, 5.41) is 5.91. The molecular weight excluding hydrogens is 606 g/mol. The summed E-state index contributed by atoms with van der Waals surface area (Å²) in [6.07, 6.45) is 8.22. The fraction of sp³-hybridized carbons (Fsp3) is 0.237. The zero-order chi connectivity index (χ0) is 33.5. The molecule has 4 amide bonds. The first kappa shape index (κ1) is 32.2. The van der Waals surface area contributed by atoms with Gasteiger partial charge >= 0.3 is 0 Å². The first-order valence-corrected chi connectivity index (χ1v) is 16.1. The Kier molecular flexibility index (Phi) is 9.90. The van der Waals surface area contributed by atoms with Crippen molar-refractivity contribution < 1.29 is 23.9 Å². The largest absolute Gasteiger partial charge is 0.496 e. The van der Waals surface area contributed by atoms with Crippen molar-refractivity contribution in [1.29, 1.82) is 0 Å². The molecule has 3 aromatic carbocycles. The van der Waals surface area contributed by atoms with Gasteiger partial charge in [0, 0.05) is 30.7 Å². The summed E-state index contributed by atoms with van der Waals surface area (Å²) >= 11 is 0. The molecule has 10 nitrogen and oxygen atoms in total. The van der Waals surface area contributed by atoms with Gasteiger partial charge in [0.05, 0.1) is 12.7 Å². The van der Waals surface area contributed by atoms with Crippen molar-refractivity contribution in [2.75, 3.05) is 30.8 Å². The van der Waals surface area contributed by atoms with Gasteiger partial charge in [0.1, 0.15) is 23.5 Å². The summed E-state index contributed by atoms with van der Waals surface area (Å²) in [5.74, 6) is -0.388. The lowest BCUT2D eigenvalue weighted by atomic mass is 10.1. The molecule has 2 aliphatic rings. The highest BCUT2D eigenvalue weighted by molar-refractivity contribution is 6.03. The Morgan fingerprint density at radius 2 is 1.21 bits per heavy atom. The van der Waals surface area contributed by atoms with E-state index in [0.29, 0.717) is 54.3 Å². The van der Waals surface area contributed by atoms with E-state index < -0.39 is 12.1 Å². The molecule has 2 atom stereocenters. The van der Waals surface area contributed by atoms with Crippen LogP contribution in [-0.2, 0) is 9.59 Å². The van der Waals surface area contributed by atoms with Crippen LogP contribution in [0.3, 0.4) is 0 Å². The molecule has 1 aromatic heterocycles. The molecule has 0 radical (unpaired) electrons. The van der Waals surface area contributed by atoms with Gasteiger partial charge in [-0.05, 0) is 85.3 Å². The number of nitrogens with zero attached hydrogens (tertiary/aromatic N) is 3. The van der Waals surface area contributed by atoms with E-state index in [2.05, 4.69) is 15.6 Å². The molecular formula is C38H37N5O5. The van der Waals surface area contributed by atoms with Gasteiger partial charge in [-0.15, -0.1) is 0 Å². The Balaban J connectivity index is 1.02. The third-order valence-electron chi connectivity index (χ3n) is 8.68. The molecule has 2 aliphatic heterocycles. The van der Waals surface area contributed by atoms with Crippen molar-refractivity contribution in [2.24, 2.45) is 0 Å². The molecule has 0 spiro atoms.